The second-order valence-electron chi connectivity index (χ2n) is 17.5. The molecule has 15 heteroatoms. The summed E-state index contributed by atoms with van der Waals surface area (Å²) in [7, 11) is -2.09. The Bertz CT molecular complexity index is 1890. The molecule has 2 heterocycles. The molecule has 0 amide bonds. The summed E-state index contributed by atoms with van der Waals surface area (Å²) < 4.78 is 23.0. The van der Waals surface area contributed by atoms with Crippen LogP contribution in [-0.2, 0) is 74.3 Å². The van der Waals surface area contributed by atoms with Crippen LogP contribution in [-0.4, -0.2) is 64.0 Å². The summed E-state index contributed by atoms with van der Waals surface area (Å²) in [4.78, 5) is 8.51. The predicted octanol–water partition coefficient (Wildman–Crippen LogP) is 10.6. The van der Waals surface area contributed by atoms with Crippen molar-refractivity contribution in [2.75, 3.05) is 13.2 Å². The molecule has 0 bridgehead atoms. The molecule has 4 aliphatic rings. The molecule has 0 unspecified atom stereocenters. The Labute approximate surface area is 354 Å². The topological polar surface area (TPSA) is 109 Å². The van der Waals surface area contributed by atoms with Crippen LogP contribution in [0.2, 0.25) is 51.4 Å². The largest absolute Gasteiger partial charge is 0.507 e. The summed E-state index contributed by atoms with van der Waals surface area (Å²) in [6, 6.07) is 7.57. The number of phenols is 1. The first-order valence-electron chi connectivity index (χ1n) is 19.9. The Kier molecular flexibility index (Phi) is 14.6. The van der Waals surface area contributed by atoms with Gasteiger partial charge in [0.15, 0.2) is 4.73 Å². The molecule has 0 atom stereocenters. The lowest BCUT2D eigenvalue weighted by Gasteiger charge is -2.17. The first-order valence-corrected chi connectivity index (χ1v) is 29.7. The molecule has 8 rings (SSSR count). The standard InChI is InChI=1S/C20H28BrN3O2Si.C12H14O.C8H15Br2N3OSi/c1-27(2,3)11-10-25-13-24-20(22-19(21)23-24)26-18-16-8-4-6-14(16)12-15-7-5-9-17(15)18;13-12-10-5-1-3-8(10)7-9-4-2-6-11(9)12;1-15(2,3)5-4-14-6-13-8(10)11-7(9)12-13/h12H,4-11,13H2,1-3H3;7,13H,1-6H2;4-6H2,1-3H3. The molecule has 2 aromatic carbocycles. The minimum atomic E-state index is -1.10. The first-order chi connectivity index (χ1) is 26.1. The number of nitrogens with zero attached hydrogens (tertiary/aromatic N) is 6. The molecule has 0 saturated heterocycles. The number of aryl methyl sites for hydroxylation is 4. The third-order valence-electron chi connectivity index (χ3n) is 10.7. The van der Waals surface area contributed by atoms with Gasteiger partial charge in [-0.2, -0.15) is 14.6 Å². The number of benzene rings is 2. The van der Waals surface area contributed by atoms with Crippen LogP contribution in [0.1, 0.15) is 70.2 Å². The molecule has 55 heavy (non-hydrogen) atoms. The number of hydrogen-bond acceptors (Lipinski definition) is 8. The molecular formula is C40H57Br3N6O4Si2. The summed E-state index contributed by atoms with van der Waals surface area (Å²) in [5, 5.41) is 18.5. The minimum absolute atomic E-state index is 0.371. The van der Waals surface area contributed by atoms with E-state index in [2.05, 4.69) is 119 Å². The van der Waals surface area contributed by atoms with Gasteiger partial charge in [0.2, 0.25) is 9.47 Å². The van der Waals surface area contributed by atoms with Crippen molar-refractivity contribution >= 4 is 63.9 Å². The first kappa shape index (κ1) is 42.7. The monoisotopic (exact) mass is 978 g/mol. The third kappa shape index (κ3) is 11.6. The molecule has 0 aliphatic heterocycles. The van der Waals surface area contributed by atoms with Gasteiger partial charge in [0.1, 0.15) is 25.0 Å². The van der Waals surface area contributed by atoms with Crippen molar-refractivity contribution in [3.8, 4) is 17.5 Å². The average molecular weight is 982 g/mol. The minimum Gasteiger partial charge on any atom is -0.507 e. The Morgan fingerprint density at radius 2 is 1.02 bits per heavy atom. The molecule has 10 nitrogen and oxygen atoms in total. The van der Waals surface area contributed by atoms with Gasteiger partial charge >= 0.3 is 6.01 Å². The lowest BCUT2D eigenvalue weighted by Crippen LogP contribution is -2.22. The van der Waals surface area contributed by atoms with Crippen LogP contribution in [0.5, 0.6) is 17.5 Å². The molecule has 0 fully saturated rings. The van der Waals surface area contributed by atoms with Crippen molar-refractivity contribution in [3.63, 3.8) is 0 Å². The second kappa shape index (κ2) is 18.8. The fourth-order valence-electron chi connectivity index (χ4n) is 7.66. The maximum atomic E-state index is 10.0. The van der Waals surface area contributed by atoms with Gasteiger partial charge in [-0.05, 0) is 181 Å². The van der Waals surface area contributed by atoms with E-state index in [1.54, 1.807) is 9.36 Å². The van der Waals surface area contributed by atoms with E-state index in [0.29, 0.717) is 39.4 Å². The smallest absolute Gasteiger partial charge is 0.323 e. The number of halogens is 3. The van der Waals surface area contributed by atoms with Crippen molar-refractivity contribution in [2.24, 2.45) is 0 Å². The summed E-state index contributed by atoms with van der Waals surface area (Å²) in [5.41, 5.74) is 11.0. The number of hydrogen-bond donors (Lipinski definition) is 1. The molecule has 4 aliphatic carbocycles. The summed E-state index contributed by atoms with van der Waals surface area (Å²) in [6.45, 7) is 16.4. The maximum absolute atomic E-state index is 10.0. The van der Waals surface area contributed by atoms with E-state index < -0.39 is 16.1 Å². The highest BCUT2D eigenvalue weighted by atomic mass is 79.9. The number of aromatic hydroxyl groups is 1. The van der Waals surface area contributed by atoms with Crippen LogP contribution in [0.4, 0.5) is 0 Å². The van der Waals surface area contributed by atoms with Gasteiger partial charge in [0, 0.05) is 29.4 Å². The lowest BCUT2D eigenvalue weighted by atomic mass is 10.0. The summed E-state index contributed by atoms with van der Waals surface area (Å²) in [5.74, 6) is 1.68. The highest BCUT2D eigenvalue weighted by molar-refractivity contribution is 9.11. The molecule has 0 radical (unpaired) electrons. The number of ether oxygens (including phenoxy) is 3. The van der Waals surface area contributed by atoms with E-state index >= 15 is 0 Å². The maximum Gasteiger partial charge on any atom is 0.323 e. The Hall–Kier alpha value is -1.89. The zero-order valence-corrected chi connectivity index (χ0v) is 40.1. The van der Waals surface area contributed by atoms with Gasteiger partial charge in [-0.25, -0.2) is 4.68 Å². The van der Waals surface area contributed by atoms with E-state index in [4.69, 9.17) is 14.2 Å². The highest BCUT2D eigenvalue weighted by Gasteiger charge is 2.27. The lowest BCUT2D eigenvalue weighted by molar-refractivity contribution is 0.0727. The molecule has 4 aromatic rings. The van der Waals surface area contributed by atoms with Crippen molar-refractivity contribution in [2.45, 2.75) is 142 Å². The number of aromatic nitrogens is 6. The van der Waals surface area contributed by atoms with Gasteiger partial charge in [-0.15, -0.1) is 10.2 Å². The van der Waals surface area contributed by atoms with Gasteiger partial charge in [0.05, 0.1) is 0 Å². The number of phenolic OH excluding ortho intramolecular Hbond substituents is 1. The van der Waals surface area contributed by atoms with Gasteiger partial charge in [-0.1, -0.05) is 51.4 Å². The zero-order chi connectivity index (χ0) is 39.3. The van der Waals surface area contributed by atoms with Crippen molar-refractivity contribution in [1.82, 2.24) is 29.5 Å². The van der Waals surface area contributed by atoms with Crippen LogP contribution < -0.4 is 4.74 Å². The second-order valence-corrected chi connectivity index (χ2v) is 30.9. The molecule has 1 N–H and O–H groups in total. The van der Waals surface area contributed by atoms with E-state index in [-0.39, 0.29) is 0 Å². The van der Waals surface area contributed by atoms with Gasteiger partial charge in [0.25, 0.3) is 0 Å². The van der Waals surface area contributed by atoms with Crippen LogP contribution in [0, 0.1) is 0 Å². The van der Waals surface area contributed by atoms with Crippen LogP contribution in [0.15, 0.2) is 26.3 Å². The summed E-state index contributed by atoms with van der Waals surface area (Å²) >= 11 is 9.89. The van der Waals surface area contributed by atoms with E-state index in [1.165, 1.54) is 89.1 Å². The van der Waals surface area contributed by atoms with Gasteiger partial charge < -0.3 is 19.3 Å². The molecule has 0 spiro atoms. The predicted molar refractivity (Wildman–Crippen MR) is 234 cm³/mol. The fraction of sp³-hybridized carbons (Fsp3) is 0.600. The van der Waals surface area contributed by atoms with Crippen LogP contribution in [0.25, 0.3) is 0 Å². The highest BCUT2D eigenvalue weighted by Crippen LogP contribution is 2.42. The molecule has 0 saturated carbocycles. The summed E-state index contributed by atoms with van der Waals surface area (Å²) in [6.07, 6.45) is 13.9. The van der Waals surface area contributed by atoms with E-state index in [0.717, 1.165) is 63.5 Å². The van der Waals surface area contributed by atoms with Crippen LogP contribution >= 0.6 is 47.8 Å². The van der Waals surface area contributed by atoms with Crippen LogP contribution in [0.3, 0.4) is 0 Å². The van der Waals surface area contributed by atoms with Crippen molar-refractivity contribution < 1.29 is 19.3 Å². The number of fused-ring (bicyclic) bond motifs is 4. The van der Waals surface area contributed by atoms with E-state index in [1.807, 2.05) is 0 Å². The van der Waals surface area contributed by atoms with Gasteiger partial charge in [-0.3, -0.25) is 0 Å². The number of rotatable bonds is 12. The van der Waals surface area contributed by atoms with Crippen molar-refractivity contribution in [1.29, 1.82) is 0 Å². The average Bonchev–Trinajstić information content (AvgIpc) is 3.96. The molecule has 300 valence electrons. The quantitative estimate of drug-likeness (QED) is 0.110. The van der Waals surface area contributed by atoms with E-state index in [9.17, 15) is 5.11 Å². The normalized spacial score (nSPS) is 15.5. The molecule has 2 aromatic heterocycles. The third-order valence-corrected chi connectivity index (χ3v) is 15.4. The zero-order valence-electron chi connectivity index (χ0n) is 33.4. The van der Waals surface area contributed by atoms with Crippen molar-refractivity contribution in [3.05, 3.63) is 70.8 Å². The SMILES string of the molecule is C[Si](C)(C)CCOCn1nc(Br)nc1Br.C[Si](C)(C)CCOCn1nc(Br)nc1Oc1c2c(cc3c1CCC3)CCC2.Oc1c2c(cc3c1CCC3)CCC2. The molecular weight excluding hydrogens is 924 g/mol. The Morgan fingerprint density at radius 3 is 1.47 bits per heavy atom. The Balaban J connectivity index is 0.000000155. The Morgan fingerprint density at radius 1 is 0.600 bits per heavy atom. The fourth-order valence-corrected chi connectivity index (χ4v) is 10.5.